The van der Waals surface area contributed by atoms with Crippen LogP contribution in [0.15, 0.2) is 47.4 Å². The van der Waals surface area contributed by atoms with Crippen molar-refractivity contribution >= 4 is 34.8 Å². The summed E-state index contributed by atoms with van der Waals surface area (Å²) in [6.07, 6.45) is 1.70. The zero-order chi connectivity index (χ0) is 15.1. The zero-order valence-electron chi connectivity index (χ0n) is 10.8. The summed E-state index contributed by atoms with van der Waals surface area (Å²) in [6, 6.07) is 11.3. The van der Waals surface area contributed by atoms with Crippen molar-refractivity contribution in [2.45, 2.75) is 17.8 Å². The van der Waals surface area contributed by atoms with E-state index in [2.05, 4.69) is 0 Å². The van der Waals surface area contributed by atoms with Crippen LogP contribution in [0.25, 0.3) is 0 Å². The summed E-state index contributed by atoms with van der Waals surface area (Å²) in [5, 5.41) is 9.53. The van der Waals surface area contributed by atoms with Crippen LogP contribution >= 0.6 is 34.8 Å². The lowest BCUT2D eigenvalue weighted by Crippen LogP contribution is -2.10. The van der Waals surface area contributed by atoms with Crippen LogP contribution in [0.2, 0.25) is 0 Å². The number of hydrogen-bond donors (Lipinski definition) is 1. The summed E-state index contributed by atoms with van der Waals surface area (Å²) in [5.41, 5.74) is 1.40. The lowest BCUT2D eigenvalue weighted by Gasteiger charge is -2.11. The number of aromatic hydroxyl groups is 1. The summed E-state index contributed by atoms with van der Waals surface area (Å²) >= 11 is 14.4. The fourth-order valence-electron chi connectivity index (χ4n) is 1.61. The van der Waals surface area contributed by atoms with E-state index in [9.17, 15) is 9.90 Å². The molecule has 1 heterocycles. The number of pyridine rings is 1. The number of halogens is 3. The van der Waals surface area contributed by atoms with Crippen molar-refractivity contribution in [3.05, 3.63) is 64.1 Å². The Morgan fingerprint density at radius 3 is 2.25 bits per heavy atom. The molecule has 20 heavy (non-hydrogen) atoms. The fourth-order valence-corrected chi connectivity index (χ4v) is 1.61. The molecule has 1 aromatic carbocycles. The van der Waals surface area contributed by atoms with Gasteiger partial charge in [-0.3, -0.25) is 4.79 Å². The van der Waals surface area contributed by atoms with Gasteiger partial charge in [0, 0.05) is 18.8 Å². The average Bonchev–Trinajstić information content (AvgIpc) is 2.40. The van der Waals surface area contributed by atoms with Gasteiger partial charge >= 0.3 is 0 Å². The van der Waals surface area contributed by atoms with Gasteiger partial charge in [-0.1, -0.05) is 65.1 Å². The Kier molecular flexibility index (Phi) is 6.93. The number of rotatable bonds is 2. The molecule has 6 heteroatoms. The third-order valence-electron chi connectivity index (χ3n) is 2.61. The van der Waals surface area contributed by atoms with Gasteiger partial charge in [0.1, 0.15) is 0 Å². The van der Waals surface area contributed by atoms with Gasteiger partial charge in [-0.05, 0) is 12.5 Å². The van der Waals surface area contributed by atoms with E-state index in [1.807, 2.05) is 34.9 Å². The van der Waals surface area contributed by atoms with Crippen LogP contribution in [0.4, 0.5) is 0 Å². The Hall–Kier alpha value is -1.16. The summed E-state index contributed by atoms with van der Waals surface area (Å²) < 4.78 is 1.10. The highest BCUT2D eigenvalue weighted by molar-refractivity contribution is 6.63. The molecule has 0 saturated carbocycles. The molecule has 0 spiro atoms. The zero-order valence-corrected chi connectivity index (χ0v) is 13.0. The maximum absolute atomic E-state index is 11.2. The number of alkyl halides is 3. The summed E-state index contributed by atoms with van der Waals surface area (Å²) in [6.45, 7) is 2.39. The molecular weight excluding hydrogens is 321 g/mol. The molecule has 0 bridgehead atoms. The monoisotopic (exact) mass is 333 g/mol. The molecule has 2 rings (SSSR count). The lowest BCUT2D eigenvalue weighted by molar-refractivity contribution is 0.455. The van der Waals surface area contributed by atoms with Gasteiger partial charge in [-0.15, -0.1) is 0 Å². The van der Waals surface area contributed by atoms with Crippen molar-refractivity contribution in [2.75, 3.05) is 0 Å². The summed E-state index contributed by atoms with van der Waals surface area (Å²) in [7, 11) is 0. The topological polar surface area (TPSA) is 42.2 Å². The van der Waals surface area contributed by atoms with Crippen LogP contribution in [0.5, 0.6) is 5.75 Å². The third-order valence-corrected chi connectivity index (χ3v) is 2.61. The van der Waals surface area contributed by atoms with Crippen molar-refractivity contribution in [1.82, 2.24) is 4.57 Å². The molecule has 0 fully saturated rings. The summed E-state index contributed by atoms with van der Waals surface area (Å²) in [4.78, 5) is 11.2. The summed E-state index contributed by atoms with van der Waals surface area (Å²) in [5.74, 6) is -0.168. The Morgan fingerprint density at radius 1 is 1.15 bits per heavy atom. The van der Waals surface area contributed by atoms with Gasteiger partial charge < -0.3 is 9.67 Å². The van der Waals surface area contributed by atoms with Crippen LogP contribution < -0.4 is 5.43 Å². The van der Waals surface area contributed by atoms with E-state index in [-0.39, 0.29) is 11.2 Å². The molecule has 0 aliphatic rings. The van der Waals surface area contributed by atoms with Crippen molar-refractivity contribution in [2.24, 2.45) is 0 Å². The molecule has 0 aliphatic carbocycles. The van der Waals surface area contributed by atoms with Gasteiger partial charge in [0.25, 0.3) is 0 Å². The van der Waals surface area contributed by atoms with Crippen LogP contribution in [0.1, 0.15) is 11.3 Å². The first-order valence-corrected chi connectivity index (χ1v) is 7.08. The molecule has 0 unspecified atom stereocenters. The second-order valence-corrected chi connectivity index (χ2v) is 5.95. The molecular formula is C14H14Cl3NO2. The van der Waals surface area contributed by atoms with Gasteiger partial charge in [0.2, 0.25) is 5.43 Å². The lowest BCUT2D eigenvalue weighted by atomic mass is 10.2. The predicted octanol–water partition coefficient (Wildman–Crippen LogP) is 3.90. The van der Waals surface area contributed by atoms with Crippen LogP contribution in [0, 0.1) is 6.92 Å². The highest BCUT2D eigenvalue weighted by Gasteiger charge is 2.04. The minimum Gasteiger partial charge on any atom is -0.503 e. The van der Waals surface area contributed by atoms with Gasteiger partial charge in [0.05, 0.1) is 5.69 Å². The quantitative estimate of drug-likeness (QED) is 0.846. The Labute approximate surface area is 132 Å². The van der Waals surface area contributed by atoms with Crippen LogP contribution in [-0.4, -0.2) is 14.0 Å². The smallest absolute Gasteiger partial charge is 0.223 e. The third kappa shape index (κ3) is 5.45. The predicted molar refractivity (Wildman–Crippen MR) is 84.0 cm³/mol. The van der Waals surface area contributed by atoms with E-state index in [1.54, 1.807) is 13.1 Å². The van der Waals surface area contributed by atoms with E-state index in [0.717, 1.165) is 5.56 Å². The van der Waals surface area contributed by atoms with Gasteiger partial charge in [-0.2, -0.15) is 0 Å². The van der Waals surface area contributed by atoms with Crippen LogP contribution in [-0.2, 0) is 6.54 Å². The number of nitrogens with zero attached hydrogens (tertiary/aromatic N) is 1. The molecule has 1 N–H and O–H groups in total. The molecule has 3 nitrogen and oxygen atoms in total. The second-order valence-electron chi connectivity index (χ2n) is 3.97. The molecule has 0 amide bonds. The van der Waals surface area contributed by atoms with E-state index in [0.29, 0.717) is 12.2 Å². The molecule has 0 saturated heterocycles. The maximum atomic E-state index is 11.2. The average molecular weight is 335 g/mol. The molecule has 0 aliphatic heterocycles. The first-order chi connectivity index (χ1) is 9.41. The Morgan fingerprint density at radius 2 is 1.70 bits per heavy atom. The van der Waals surface area contributed by atoms with Crippen molar-refractivity contribution in [3.63, 3.8) is 0 Å². The maximum Gasteiger partial charge on any atom is 0.223 e. The first kappa shape index (κ1) is 16.9. The van der Waals surface area contributed by atoms with E-state index in [1.165, 1.54) is 6.07 Å². The molecule has 0 radical (unpaired) electrons. The number of hydrogen-bond acceptors (Lipinski definition) is 2. The number of aromatic nitrogens is 1. The minimum absolute atomic E-state index is 0.168. The van der Waals surface area contributed by atoms with Gasteiger partial charge in [-0.25, -0.2) is 0 Å². The molecule has 2 aromatic rings. The minimum atomic E-state index is -0.750. The highest BCUT2D eigenvalue weighted by atomic mass is 35.6. The Bertz CT molecular complexity index is 594. The Balaban J connectivity index is 0.000000444. The molecule has 0 atom stereocenters. The van der Waals surface area contributed by atoms with Crippen LogP contribution in [0.3, 0.4) is 0 Å². The molecule has 108 valence electrons. The molecule has 1 aromatic heterocycles. The normalized spacial score (nSPS) is 10.1. The van der Waals surface area contributed by atoms with Crippen molar-refractivity contribution in [1.29, 1.82) is 0 Å². The number of benzene rings is 1. The van der Waals surface area contributed by atoms with E-state index < -0.39 is 4.30 Å². The standard InChI is InChI=1S/C13H13NO2.CHCl3/c1-10-13(16)12(15)7-8-14(10)9-11-5-3-2-4-6-11;2-1(3)4/h2-8,16H,9H2,1H3;1H. The fraction of sp³-hybridized carbons (Fsp3) is 0.214. The highest BCUT2D eigenvalue weighted by Crippen LogP contribution is 2.11. The SMILES string of the molecule is Cc1c(O)c(=O)ccn1Cc1ccccc1.ClC(Cl)Cl. The first-order valence-electron chi connectivity index (χ1n) is 5.77. The largest absolute Gasteiger partial charge is 0.503 e. The van der Waals surface area contributed by atoms with Crippen molar-refractivity contribution < 1.29 is 5.11 Å². The van der Waals surface area contributed by atoms with Gasteiger partial charge in [0.15, 0.2) is 10.0 Å². The van der Waals surface area contributed by atoms with Crippen molar-refractivity contribution in [3.8, 4) is 5.75 Å². The second kappa shape index (κ2) is 8.20. The van der Waals surface area contributed by atoms with E-state index in [4.69, 9.17) is 34.8 Å². The van der Waals surface area contributed by atoms with E-state index >= 15 is 0 Å².